The highest BCUT2D eigenvalue weighted by Gasteiger charge is 2.10. The Morgan fingerprint density at radius 2 is 1.65 bits per heavy atom. The highest BCUT2D eigenvalue weighted by molar-refractivity contribution is 6.42. The van der Waals surface area contributed by atoms with Crippen LogP contribution in [0.2, 0.25) is 15.2 Å². The van der Waals surface area contributed by atoms with Crippen molar-refractivity contribution in [2.24, 2.45) is 5.10 Å². The summed E-state index contributed by atoms with van der Waals surface area (Å²) in [6, 6.07) is 10.0. The third kappa shape index (κ3) is 4.81. The molecule has 0 saturated carbocycles. The number of benzene rings is 1. The Balaban J connectivity index is 1.70. The van der Waals surface area contributed by atoms with Gasteiger partial charge in [0.05, 0.1) is 15.8 Å². The third-order valence-corrected chi connectivity index (χ3v) is 5.43. The molecule has 26 heavy (non-hydrogen) atoms. The van der Waals surface area contributed by atoms with E-state index in [1.165, 1.54) is 31.4 Å². The fraction of sp³-hybridized carbons (Fsp3) is 0.368. The minimum Gasteiger partial charge on any atom is -0.372 e. The summed E-state index contributed by atoms with van der Waals surface area (Å²) in [7, 11) is 0. The van der Waals surface area contributed by atoms with Crippen LogP contribution in [0.3, 0.4) is 0 Å². The number of anilines is 2. The summed E-state index contributed by atoms with van der Waals surface area (Å²) in [6.07, 6.45) is 5.20. The average Bonchev–Trinajstić information content (AvgIpc) is 2.93. The number of hydrogen-bond acceptors (Lipinski definition) is 4. The molecule has 138 valence electrons. The lowest BCUT2D eigenvalue weighted by molar-refractivity contribution is 0.726. The van der Waals surface area contributed by atoms with E-state index in [1.807, 2.05) is 6.92 Å². The number of aromatic nitrogens is 1. The van der Waals surface area contributed by atoms with E-state index in [4.69, 9.17) is 34.8 Å². The van der Waals surface area contributed by atoms with E-state index in [0.29, 0.717) is 15.9 Å². The lowest BCUT2D eigenvalue weighted by Gasteiger charge is -2.22. The Bertz CT molecular complexity index is 782. The van der Waals surface area contributed by atoms with Gasteiger partial charge in [-0.1, -0.05) is 59.8 Å². The zero-order chi connectivity index (χ0) is 18.5. The standard InChI is InChI=1S/C19H21Cl3N4/c1-13(24-25-19-17(21)12-16(20)18(22)23-19)14-6-8-15(9-7-14)26-10-4-2-3-5-11-26/h6-9,12H,2-5,10-11H2,1H3,(H,23,25)/b24-13+. The number of nitrogens with zero attached hydrogens (tertiary/aromatic N) is 3. The molecule has 4 nitrogen and oxygen atoms in total. The van der Waals surface area contributed by atoms with Crippen molar-refractivity contribution in [3.8, 4) is 0 Å². The van der Waals surface area contributed by atoms with Gasteiger partial charge in [-0.25, -0.2) is 4.98 Å². The Labute approximate surface area is 169 Å². The molecule has 3 rings (SSSR count). The molecule has 0 unspecified atom stereocenters. The first-order chi connectivity index (χ1) is 12.5. The van der Waals surface area contributed by atoms with Gasteiger partial charge in [0, 0.05) is 18.8 Å². The quantitative estimate of drug-likeness (QED) is 0.367. The molecule has 2 heterocycles. The first-order valence-corrected chi connectivity index (χ1v) is 9.85. The van der Waals surface area contributed by atoms with Crippen molar-refractivity contribution in [1.82, 2.24) is 4.98 Å². The van der Waals surface area contributed by atoms with Crippen LogP contribution in [0.4, 0.5) is 11.5 Å². The van der Waals surface area contributed by atoms with Crippen LogP contribution in [0.15, 0.2) is 35.4 Å². The largest absolute Gasteiger partial charge is 0.372 e. The summed E-state index contributed by atoms with van der Waals surface area (Å²) in [5.74, 6) is 0.376. The Morgan fingerprint density at radius 3 is 2.31 bits per heavy atom. The number of rotatable bonds is 4. The van der Waals surface area contributed by atoms with E-state index >= 15 is 0 Å². The van der Waals surface area contributed by atoms with Crippen LogP contribution in [-0.4, -0.2) is 23.8 Å². The van der Waals surface area contributed by atoms with Crippen LogP contribution in [0.25, 0.3) is 0 Å². The molecule has 1 aliphatic rings. The number of nitrogens with one attached hydrogen (secondary N) is 1. The van der Waals surface area contributed by atoms with Crippen molar-refractivity contribution >= 4 is 52.0 Å². The second-order valence-electron chi connectivity index (χ2n) is 6.35. The molecule has 7 heteroatoms. The molecule has 0 bridgehead atoms. The second kappa shape index (κ2) is 8.94. The SMILES string of the molecule is C/C(=N\Nc1nc(Cl)c(Cl)cc1Cl)c1ccc(N2CCCCCC2)cc1. The average molecular weight is 412 g/mol. The van der Waals surface area contributed by atoms with Crippen LogP contribution in [0.5, 0.6) is 0 Å². The summed E-state index contributed by atoms with van der Waals surface area (Å²) >= 11 is 17.9. The zero-order valence-corrected chi connectivity index (χ0v) is 16.9. The molecule has 1 saturated heterocycles. The smallest absolute Gasteiger partial charge is 0.166 e. The van der Waals surface area contributed by atoms with E-state index in [9.17, 15) is 0 Å². The molecule has 1 fully saturated rings. The molecule has 1 aromatic carbocycles. The second-order valence-corrected chi connectivity index (χ2v) is 7.52. The van der Waals surface area contributed by atoms with Crippen molar-refractivity contribution < 1.29 is 0 Å². The summed E-state index contributed by atoms with van der Waals surface area (Å²) < 4.78 is 0. The maximum atomic E-state index is 6.11. The molecule has 0 atom stereocenters. The highest BCUT2D eigenvalue weighted by atomic mass is 35.5. The van der Waals surface area contributed by atoms with E-state index in [0.717, 1.165) is 24.4 Å². The van der Waals surface area contributed by atoms with Crippen LogP contribution >= 0.6 is 34.8 Å². The van der Waals surface area contributed by atoms with Gasteiger partial charge in [-0.05, 0) is 43.5 Å². The molecule has 1 aromatic heterocycles. The molecule has 0 aliphatic carbocycles. The fourth-order valence-electron chi connectivity index (χ4n) is 2.97. The number of pyridine rings is 1. The van der Waals surface area contributed by atoms with Crippen molar-refractivity contribution in [3.63, 3.8) is 0 Å². The highest BCUT2D eigenvalue weighted by Crippen LogP contribution is 2.29. The fourth-order valence-corrected chi connectivity index (χ4v) is 3.51. The van der Waals surface area contributed by atoms with Crippen molar-refractivity contribution in [3.05, 3.63) is 51.1 Å². The number of hydrazone groups is 1. The van der Waals surface area contributed by atoms with Gasteiger partial charge in [-0.2, -0.15) is 5.10 Å². The van der Waals surface area contributed by atoms with E-state index in [2.05, 4.69) is 44.7 Å². The van der Waals surface area contributed by atoms with Gasteiger partial charge in [-0.3, -0.25) is 5.43 Å². The molecule has 0 radical (unpaired) electrons. The van der Waals surface area contributed by atoms with Gasteiger partial charge in [0.15, 0.2) is 5.82 Å². The van der Waals surface area contributed by atoms with Crippen LogP contribution < -0.4 is 10.3 Å². The van der Waals surface area contributed by atoms with Gasteiger partial charge in [0.2, 0.25) is 0 Å². The maximum Gasteiger partial charge on any atom is 0.166 e. The summed E-state index contributed by atoms with van der Waals surface area (Å²) in [6.45, 7) is 4.20. The van der Waals surface area contributed by atoms with Gasteiger partial charge in [-0.15, -0.1) is 0 Å². The monoisotopic (exact) mass is 410 g/mol. The third-order valence-electron chi connectivity index (χ3n) is 4.47. The minimum atomic E-state index is 0.188. The van der Waals surface area contributed by atoms with Gasteiger partial charge in [0.25, 0.3) is 0 Å². The predicted molar refractivity (Wildman–Crippen MR) is 112 cm³/mol. The zero-order valence-electron chi connectivity index (χ0n) is 14.6. The summed E-state index contributed by atoms with van der Waals surface area (Å²) in [5, 5.41) is 5.23. The molecule has 0 amide bonds. The molecule has 2 aromatic rings. The lowest BCUT2D eigenvalue weighted by Crippen LogP contribution is -2.23. The van der Waals surface area contributed by atoms with Crippen molar-refractivity contribution in [1.29, 1.82) is 0 Å². The van der Waals surface area contributed by atoms with Crippen molar-refractivity contribution in [2.75, 3.05) is 23.4 Å². The molecule has 1 aliphatic heterocycles. The van der Waals surface area contributed by atoms with Gasteiger partial charge < -0.3 is 4.90 Å². The molecule has 0 spiro atoms. The number of hydrogen-bond donors (Lipinski definition) is 1. The summed E-state index contributed by atoms with van der Waals surface area (Å²) in [4.78, 5) is 6.56. The Hall–Kier alpha value is -1.49. The maximum absolute atomic E-state index is 6.11. The molecule has 1 N–H and O–H groups in total. The van der Waals surface area contributed by atoms with Crippen LogP contribution in [-0.2, 0) is 0 Å². The van der Waals surface area contributed by atoms with Crippen LogP contribution in [0, 0.1) is 0 Å². The van der Waals surface area contributed by atoms with Crippen molar-refractivity contribution in [2.45, 2.75) is 32.6 Å². The van der Waals surface area contributed by atoms with Crippen LogP contribution in [0.1, 0.15) is 38.2 Å². The lowest BCUT2D eigenvalue weighted by atomic mass is 10.1. The topological polar surface area (TPSA) is 40.5 Å². The van der Waals surface area contributed by atoms with Gasteiger partial charge >= 0.3 is 0 Å². The van der Waals surface area contributed by atoms with E-state index in [1.54, 1.807) is 6.07 Å². The minimum absolute atomic E-state index is 0.188. The van der Waals surface area contributed by atoms with E-state index in [-0.39, 0.29) is 5.15 Å². The summed E-state index contributed by atoms with van der Waals surface area (Å²) in [5.41, 5.74) is 5.99. The molecular formula is C19H21Cl3N4. The van der Waals surface area contributed by atoms with E-state index < -0.39 is 0 Å². The predicted octanol–water partition coefficient (Wildman–Crippen LogP) is 6.26. The van der Waals surface area contributed by atoms with Gasteiger partial charge in [0.1, 0.15) is 5.15 Å². The normalized spacial score (nSPS) is 15.7. The molecular weight excluding hydrogens is 391 g/mol. The number of halogens is 3. The first-order valence-electron chi connectivity index (χ1n) is 8.72. The first kappa shape index (κ1) is 19.3. The Morgan fingerprint density at radius 1 is 1.00 bits per heavy atom. The Kier molecular flexibility index (Phi) is 6.63.